The minimum absolute atomic E-state index is 0.241. The first-order valence-corrected chi connectivity index (χ1v) is 3.86. The highest BCUT2D eigenvalue weighted by Crippen LogP contribution is 2.02. The third-order valence-corrected chi connectivity index (χ3v) is 1.40. The van der Waals surface area contributed by atoms with E-state index in [-0.39, 0.29) is 6.61 Å². The minimum atomic E-state index is 0.241. The van der Waals surface area contributed by atoms with E-state index in [4.69, 9.17) is 5.11 Å². The molecule has 1 nitrogen and oxygen atoms in total. The predicted molar refractivity (Wildman–Crippen MR) is 43.5 cm³/mol. The maximum absolute atomic E-state index is 8.35. The molecule has 0 radical (unpaired) electrons. The lowest BCUT2D eigenvalue weighted by Gasteiger charge is -1.87. The van der Waals surface area contributed by atoms with Gasteiger partial charge in [0.25, 0.3) is 0 Å². The van der Waals surface area contributed by atoms with Crippen molar-refractivity contribution in [2.75, 3.05) is 12.4 Å². The van der Waals surface area contributed by atoms with E-state index in [1.54, 1.807) is 11.8 Å². The number of allylic oxidation sites excluding steroid dienone is 2. The molecule has 0 fully saturated rings. The molecule has 0 aromatic heterocycles. The molecule has 0 aromatic rings. The van der Waals surface area contributed by atoms with E-state index in [0.717, 1.165) is 11.3 Å². The van der Waals surface area contributed by atoms with E-state index in [9.17, 15) is 0 Å². The Morgan fingerprint density at radius 1 is 1.78 bits per heavy atom. The van der Waals surface area contributed by atoms with Gasteiger partial charge in [-0.05, 0) is 12.3 Å². The van der Waals surface area contributed by atoms with Crippen LogP contribution >= 0.6 is 11.8 Å². The average molecular weight is 144 g/mol. The molecular formula is C7H12OS. The maximum atomic E-state index is 8.35. The summed E-state index contributed by atoms with van der Waals surface area (Å²) in [5.41, 5.74) is 1.04. The smallest absolute Gasteiger partial charge is 0.0525 e. The molecule has 1 N–H and O–H groups in total. The summed E-state index contributed by atoms with van der Waals surface area (Å²) in [6.45, 7) is 5.87. The van der Waals surface area contributed by atoms with Crippen molar-refractivity contribution in [3.8, 4) is 0 Å². The summed E-state index contributed by atoms with van der Waals surface area (Å²) in [5.74, 6) is 0.768. The van der Waals surface area contributed by atoms with Gasteiger partial charge in [-0.25, -0.2) is 0 Å². The third kappa shape index (κ3) is 7.79. The van der Waals surface area contributed by atoms with Crippen molar-refractivity contribution in [3.05, 3.63) is 23.6 Å². The summed E-state index contributed by atoms with van der Waals surface area (Å²) in [4.78, 5) is 0. The highest BCUT2D eigenvalue weighted by atomic mass is 32.2. The van der Waals surface area contributed by atoms with Gasteiger partial charge in [-0.2, -0.15) is 0 Å². The number of aliphatic hydroxyl groups is 1. The standard InChI is InChI=1S/C7H12OS/c1-7(2)3-5-9-6-4-8/h3,5,8H,1,4,6H2,2H3/b5-3+. The summed E-state index contributed by atoms with van der Waals surface area (Å²) in [5, 5.41) is 10.3. The van der Waals surface area contributed by atoms with Crippen LogP contribution in [0.3, 0.4) is 0 Å². The molecule has 0 heterocycles. The fourth-order valence-electron chi connectivity index (χ4n) is 0.285. The lowest BCUT2D eigenvalue weighted by molar-refractivity contribution is 0.322. The monoisotopic (exact) mass is 144 g/mol. The van der Waals surface area contributed by atoms with Gasteiger partial charge in [0.15, 0.2) is 0 Å². The van der Waals surface area contributed by atoms with Crippen LogP contribution in [0, 0.1) is 0 Å². The fraction of sp³-hybridized carbons (Fsp3) is 0.429. The molecule has 0 bridgehead atoms. The number of hydrogen-bond donors (Lipinski definition) is 1. The Kier molecular flexibility index (Phi) is 5.78. The molecular weight excluding hydrogens is 132 g/mol. The van der Waals surface area contributed by atoms with E-state index < -0.39 is 0 Å². The number of rotatable bonds is 4. The molecule has 0 saturated carbocycles. The van der Waals surface area contributed by atoms with Gasteiger partial charge in [0, 0.05) is 5.75 Å². The molecule has 0 aromatic carbocycles. The minimum Gasteiger partial charge on any atom is -0.396 e. The first-order valence-electron chi connectivity index (χ1n) is 2.82. The summed E-state index contributed by atoms with van der Waals surface area (Å²) < 4.78 is 0. The second-order valence-electron chi connectivity index (χ2n) is 1.74. The zero-order valence-corrected chi connectivity index (χ0v) is 6.45. The van der Waals surface area contributed by atoms with Crippen LogP contribution in [-0.2, 0) is 0 Å². The van der Waals surface area contributed by atoms with Crippen LogP contribution in [0.15, 0.2) is 23.6 Å². The van der Waals surface area contributed by atoms with Gasteiger partial charge in [-0.3, -0.25) is 0 Å². The van der Waals surface area contributed by atoms with Crippen molar-refractivity contribution in [1.82, 2.24) is 0 Å². The number of aliphatic hydroxyl groups excluding tert-OH is 1. The zero-order chi connectivity index (χ0) is 7.11. The van der Waals surface area contributed by atoms with Crippen molar-refractivity contribution in [1.29, 1.82) is 0 Å². The van der Waals surface area contributed by atoms with Crippen LogP contribution in [0.5, 0.6) is 0 Å². The van der Waals surface area contributed by atoms with E-state index >= 15 is 0 Å². The third-order valence-electron chi connectivity index (χ3n) is 0.658. The Labute approximate surface area is 60.5 Å². The molecule has 0 aliphatic carbocycles. The Balaban J connectivity index is 3.15. The second-order valence-corrected chi connectivity index (χ2v) is 2.76. The van der Waals surface area contributed by atoms with Crippen LogP contribution < -0.4 is 0 Å². The SMILES string of the molecule is C=C(C)/C=C/SCCO. The van der Waals surface area contributed by atoms with Crippen molar-refractivity contribution >= 4 is 11.8 Å². The molecule has 0 spiro atoms. The Hall–Kier alpha value is -0.210. The first-order chi connectivity index (χ1) is 4.27. The molecule has 0 unspecified atom stereocenters. The average Bonchev–Trinajstić information content (AvgIpc) is 1.80. The lowest BCUT2D eigenvalue weighted by atomic mass is 10.4. The molecule has 2 heteroatoms. The van der Waals surface area contributed by atoms with Gasteiger partial charge < -0.3 is 5.11 Å². The van der Waals surface area contributed by atoms with Crippen LogP contribution in [-0.4, -0.2) is 17.5 Å². The van der Waals surface area contributed by atoms with Crippen LogP contribution in [0.25, 0.3) is 0 Å². The molecule has 0 rings (SSSR count). The predicted octanol–water partition coefficient (Wildman–Crippen LogP) is 1.80. The van der Waals surface area contributed by atoms with Crippen LogP contribution in [0.2, 0.25) is 0 Å². The quantitative estimate of drug-likeness (QED) is 0.479. The zero-order valence-electron chi connectivity index (χ0n) is 5.63. The molecule has 52 valence electrons. The van der Waals surface area contributed by atoms with Gasteiger partial charge in [-0.15, -0.1) is 11.8 Å². The van der Waals surface area contributed by atoms with Gasteiger partial charge in [-0.1, -0.05) is 18.2 Å². The molecule has 0 aliphatic rings. The van der Waals surface area contributed by atoms with E-state index in [1.165, 1.54) is 0 Å². The summed E-state index contributed by atoms with van der Waals surface area (Å²) in [6.07, 6.45) is 1.93. The molecule has 0 saturated heterocycles. The van der Waals surface area contributed by atoms with Crippen LogP contribution in [0.1, 0.15) is 6.92 Å². The van der Waals surface area contributed by atoms with Gasteiger partial charge >= 0.3 is 0 Å². The van der Waals surface area contributed by atoms with Crippen molar-refractivity contribution in [2.45, 2.75) is 6.92 Å². The van der Waals surface area contributed by atoms with E-state index in [1.807, 2.05) is 18.4 Å². The fourth-order valence-corrected chi connectivity index (χ4v) is 0.855. The molecule has 0 amide bonds. The Morgan fingerprint density at radius 2 is 2.44 bits per heavy atom. The highest BCUT2D eigenvalue weighted by Gasteiger charge is 1.77. The molecule has 9 heavy (non-hydrogen) atoms. The highest BCUT2D eigenvalue weighted by molar-refractivity contribution is 8.02. The van der Waals surface area contributed by atoms with Crippen molar-refractivity contribution < 1.29 is 5.11 Å². The Bertz CT molecular complexity index is 107. The Morgan fingerprint density at radius 3 is 2.89 bits per heavy atom. The van der Waals surface area contributed by atoms with Crippen molar-refractivity contribution in [2.24, 2.45) is 0 Å². The van der Waals surface area contributed by atoms with Crippen LogP contribution in [0.4, 0.5) is 0 Å². The van der Waals surface area contributed by atoms with E-state index in [2.05, 4.69) is 6.58 Å². The summed E-state index contributed by atoms with van der Waals surface area (Å²) in [7, 11) is 0. The summed E-state index contributed by atoms with van der Waals surface area (Å²) in [6, 6.07) is 0. The normalized spacial score (nSPS) is 10.4. The van der Waals surface area contributed by atoms with Gasteiger partial charge in [0.2, 0.25) is 0 Å². The number of hydrogen-bond acceptors (Lipinski definition) is 2. The maximum Gasteiger partial charge on any atom is 0.0525 e. The van der Waals surface area contributed by atoms with E-state index in [0.29, 0.717) is 0 Å². The molecule has 0 aliphatic heterocycles. The van der Waals surface area contributed by atoms with Crippen molar-refractivity contribution in [3.63, 3.8) is 0 Å². The lowest BCUT2D eigenvalue weighted by Crippen LogP contribution is -1.81. The van der Waals surface area contributed by atoms with Gasteiger partial charge in [0.05, 0.1) is 6.61 Å². The second kappa shape index (κ2) is 5.92. The topological polar surface area (TPSA) is 20.2 Å². The number of thioether (sulfide) groups is 1. The summed E-state index contributed by atoms with van der Waals surface area (Å²) >= 11 is 1.59. The molecule has 0 atom stereocenters. The first kappa shape index (κ1) is 8.79. The van der Waals surface area contributed by atoms with Gasteiger partial charge in [0.1, 0.15) is 0 Å². The largest absolute Gasteiger partial charge is 0.396 e.